The van der Waals surface area contributed by atoms with Gasteiger partial charge in [-0.2, -0.15) is 0 Å². The number of allylic oxidation sites excluding steroid dienone is 5. The summed E-state index contributed by atoms with van der Waals surface area (Å²) >= 11 is 0. The standard InChI is InChI=1S/C36H32.C14H13N.C10H13N.C8H10.C2H6/c1-4-23(2)25-13-5-6-14-26(25)30-22-31-29-17-9-12-20-34(29)36(35(31)21-24(30)3)32-18-10-7-15-27(32)28-16-8-11-19-33(28)36;1-11(15)13-8-5-9-14(10-13)12-6-3-2-4-7-12;1-2-6-10(11)9-7-4-3-5-8-9;1-7-4-3-5-8(2)6-7;1-2/h5-23,31,35H,4H2,1-3H3;2-10,15H,1H3;3-8H,2,11H2,1H3;3-6H,1-2H3;1-2H3/b;;10-6+;;/t23-,31?,35-;;;;/m1..../s1. The Kier molecular flexibility index (Phi) is 17.8. The van der Waals surface area contributed by atoms with E-state index in [-0.39, 0.29) is 5.41 Å². The minimum absolute atomic E-state index is 0.145. The lowest BCUT2D eigenvalue weighted by Crippen LogP contribution is -2.33. The SMILES string of the molecule is CC.CC(=N)c1cccc(-c2ccccc2)c1.CC/C=C(/N)c1ccccc1.CC[C@@H](C)c1ccccc1C1=CC2c3ccccc3C3(c4ccccc4-c4ccccc43)[C@@H]2C=C1C.Cc1cccc(C)c1. The number of aryl methyl sites for hydroxylation is 2. The van der Waals surface area contributed by atoms with E-state index in [2.05, 4.69) is 199 Å². The topological polar surface area (TPSA) is 49.9 Å². The molecule has 0 fully saturated rings. The molecular weight excluding hydrogens is 869 g/mol. The van der Waals surface area contributed by atoms with E-state index in [1.54, 1.807) is 0 Å². The second-order valence-electron chi connectivity index (χ2n) is 19.0. The third kappa shape index (κ3) is 11.1. The number of hydrogen-bond donors (Lipinski definition) is 2. The van der Waals surface area contributed by atoms with Crippen molar-refractivity contribution in [2.24, 2.45) is 11.7 Å². The van der Waals surface area contributed by atoms with Gasteiger partial charge in [-0.25, -0.2) is 0 Å². The number of hydrogen-bond acceptors (Lipinski definition) is 2. The van der Waals surface area contributed by atoms with Crippen LogP contribution < -0.4 is 5.73 Å². The minimum Gasteiger partial charge on any atom is -0.399 e. The van der Waals surface area contributed by atoms with Gasteiger partial charge < -0.3 is 11.1 Å². The Balaban J connectivity index is 0.000000172. The molecule has 11 rings (SSSR count). The van der Waals surface area contributed by atoms with Gasteiger partial charge in [-0.3, -0.25) is 0 Å². The first-order chi connectivity index (χ1) is 35.1. The van der Waals surface area contributed by atoms with Gasteiger partial charge in [0.2, 0.25) is 0 Å². The van der Waals surface area contributed by atoms with Crippen LogP contribution in [-0.4, -0.2) is 5.71 Å². The van der Waals surface area contributed by atoms with Gasteiger partial charge in [0.25, 0.3) is 0 Å². The maximum Gasteiger partial charge on any atom is 0.0538 e. The average Bonchev–Trinajstić information content (AvgIpc) is 3.89. The van der Waals surface area contributed by atoms with Crippen molar-refractivity contribution < 1.29 is 0 Å². The van der Waals surface area contributed by atoms with Crippen LogP contribution in [-0.2, 0) is 5.41 Å². The predicted molar refractivity (Wildman–Crippen MR) is 312 cm³/mol. The van der Waals surface area contributed by atoms with Crippen molar-refractivity contribution in [1.29, 1.82) is 5.41 Å². The van der Waals surface area contributed by atoms with Crippen LogP contribution in [0.25, 0.3) is 33.5 Å². The van der Waals surface area contributed by atoms with E-state index < -0.39 is 0 Å². The summed E-state index contributed by atoms with van der Waals surface area (Å²) in [4.78, 5) is 0. The Morgan fingerprint density at radius 2 is 1.06 bits per heavy atom. The molecule has 3 N–H and O–H groups in total. The number of nitrogens with one attached hydrogen (secondary N) is 1. The lowest BCUT2D eigenvalue weighted by molar-refractivity contribution is 0.464. The minimum atomic E-state index is -0.145. The van der Waals surface area contributed by atoms with E-state index in [9.17, 15) is 0 Å². The molecule has 0 aliphatic heterocycles. The molecule has 0 saturated carbocycles. The molecule has 1 spiro atoms. The molecule has 2 nitrogen and oxygen atoms in total. The van der Waals surface area contributed by atoms with Crippen LogP contribution >= 0.6 is 0 Å². The molecule has 1 unspecified atom stereocenters. The number of benzene rings is 8. The second kappa shape index (κ2) is 24.5. The molecular formula is C70H74N2. The highest BCUT2D eigenvalue weighted by Crippen LogP contribution is 2.66. The molecule has 0 radical (unpaired) electrons. The highest BCUT2D eigenvalue weighted by molar-refractivity contribution is 5.97. The van der Waals surface area contributed by atoms with Crippen molar-refractivity contribution in [2.75, 3.05) is 0 Å². The molecule has 0 aromatic heterocycles. The fourth-order valence-electron chi connectivity index (χ4n) is 10.8. The smallest absolute Gasteiger partial charge is 0.0538 e. The van der Waals surface area contributed by atoms with Gasteiger partial charge in [0.05, 0.1) is 5.41 Å². The largest absolute Gasteiger partial charge is 0.399 e. The summed E-state index contributed by atoms with van der Waals surface area (Å²) < 4.78 is 0. The highest BCUT2D eigenvalue weighted by atomic mass is 14.6. The Labute approximate surface area is 432 Å². The van der Waals surface area contributed by atoms with E-state index in [0.29, 0.717) is 23.5 Å². The fraction of sp³-hybridized carbons (Fsp3) is 0.214. The lowest BCUT2D eigenvalue weighted by atomic mass is 9.64. The predicted octanol–water partition coefficient (Wildman–Crippen LogP) is 18.7. The maximum atomic E-state index is 7.59. The molecule has 364 valence electrons. The summed E-state index contributed by atoms with van der Waals surface area (Å²) in [5.74, 6) is 1.26. The monoisotopic (exact) mass is 943 g/mol. The van der Waals surface area contributed by atoms with Crippen molar-refractivity contribution in [3.63, 3.8) is 0 Å². The van der Waals surface area contributed by atoms with Crippen LogP contribution in [0.3, 0.4) is 0 Å². The molecule has 0 saturated heterocycles. The average molecular weight is 943 g/mol. The van der Waals surface area contributed by atoms with Crippen LogP contribution in [0.1, 0.15) is 129 Å². The molecule has 2 heteroatoms. The van der Waals surface area contributed by atoms with Crippen molar-refractivity contribution in [2.45, 2.75) is 92.4 Å². The molecule has 0 bridgehead atoms. The normalized spacial score (nSPS) is 15.5. The van der Waals surface area contributed by atoms with E-state index in [1.807, 2.05) is 87.5 Å². The summed E-state index contributed by atoms with van der Waals surface area (Å²) in [5, 5.41) is 7.59. The Bertz CT molecular complexity index is 3100. The third-order valence-corrected chi connectivity index (χ3v) is 14.3. The first kappa shape index (κ1) is 52.3. The lowest BCUT2D eigenvalue weighted by Gasteiger charge is -2.37. The van der Waals surface area contributed by atoms with Gasteiger partial charge in [0.1, 0.15) is 0 Å². The first-order valence-electron chi connectivity index (χ1n) is 26.1. The first-order valence-corrected chi connectivity index (χ1v) is 26.1. The zero-order valence-corrected chi connectivity index (χ0v) is 44.1. The van der Waals surface area contributed by atoms with Gasteiger partial charge in [0, 0.05) is 23.2 Å². The van der Waals surface area contributed by atoms with E-state index in [4.69, 9.17) is 11.1 Å². The molecule has 3 aliphatic carbocycles. The third-order valence-electron chi connectivity index (χ3n) is 14.3. The maximum absolute atomic E-state index is 7.59. The molecule has 8 aromatic carbocycles. The molecule has 0 amide bonds. The van der Waals surface area contributed by atoms with Gasteiger partial charge >= 0.3 is 0 Å². The number of fused-ring (bicyclic) bond motifs is 10. The molecule has 3 atom stereocenters. The zero-order valence-electron chi connectivity index (χ0n) is 44.1. The van der Waals surface area contributed by atoms with Crippen molar-refractivity contribution >= 4 is 17.0 Å². The zero-order chi connectivity index (χ0) is 51.2. The Morgan fingerprint density at radius 1 is 0.556 bits per heavy atom. The van der Waals surface area contributed by atoms with Gasteiger partial charge in [0.15, 0.2) is 0 Å². The molecule has 8 aromatic rings. The van der Waals surface area contributed by atoms with E-state index in [1.165, 1.54) is 77.9 Å². The summed E-state index contributed by atoms with van der Waals surface area (Å²) in [6.45, 7) is 19.1. The second-order valence-corrected chi connectivity index (χ2v) is 19.0. The molecule has 3 aliphatic rings. The van der Waals surface area contributed by atoms with Crippen LogP contribution in [0.4, 0.5) is 0 Å². The van der Waals surface area contributed by atoms with Crippen molar-refractivity contribution in [1.82, 2.24) is 0 Å². The summed E-state index contributed by atoms with van der Waals surface area (Å²) in [6, 6.07) is 73.3. The van der Waals surface area contributed by atoms with E-state index in [0.717, 1.165) is 29.7 Å². The van der Waals surface area contributed by atoms with E-state index >= 15 is 0 Å². The Hall–Kier alpha value is -7.55. The molecule has 0 heterocycles. The Morgan fingerprint density at radius 3 is 1.62 bits per heavy atom. The summed E-state index contributed by atoms with van der Waals surface area (Å²) in [5.41, 5.74) is 28.6. The number of rotatable bonds is 7. The number of nitrogens with two attached hydrogens (primary N) is 1. The molecule has 72 heavy (non-hydrogen) atoms. The quantitative estimate of drug-likeness (QED) is 0.154. The van der Waals surface area contributed by atoms with Gasteiger partial charge in [-0.15, -0.1) is 0 Å². The van der Waals surface area contributed by atoms with Crippen LogP contribution in [0.2, 0.25) is 0 Å². The van der Waals surface area contributed by atoms with Crippen LogP contribution in [0.5, 0.6) is 0 Å². The fourth-order valence-corrected chi connectivity index (χ4v) is 10.8. The van der Waals surface area contributed by atoms with Crippen molar-refractivity contribution in [3.8, 4) is 22.3 Å². The van der Waals surface area contributed by atoms with Gasteiger partial charge in [-0.05, 0) is 130 Å². The van der Waals surface area contributed by atoms with Gasteiger partial charge in [-0.1, -0.05) is 264 Å². The summed E-state index contributed by atoms with van der Waals surface area (Å²) in [7, 11) is 0. The van der Waals surface area contributed by atoms with Crippen molar-refractivity contribution in [3.05, 3.63) is 286 Å². The van der Waals surface area contributed by atoms with Crippen LogP contribution in [0.15, 0.2) is 230 Å². The summed E-state index contributed by atoms with van der Waals surface area (Å²) in [6.07, 6.45) is 9.39. The highest BCUT2D eigenvalue weighted by Gasteiger charge is 2.57. The van der Waals surface area contributed by atoms with Crippen LogP contribution in [0, 0.1) is 25.2 Å².